The van der Waals surface area contributed by atoms with Crippen LogP contribution in [0.3, 0.4) is 0 Å². The molecule has 2 unspecified atom stereocenters. The monoisotopic (exact) mass is 270 g/mol. The molecule has 0 fully saturated rings. The van der Waals surface area contributed by atoms with E-state index in [0.29, 0.717) is 5.89 Å². The molecular weight excluding hydrogens is 252 g/mol. The first-order valence-electron chi connectivity index (χ1n) is 6.80. The number of nitrogens with one attached hydrogen (secondary N) is 1. The highest BCUT2D eigenvalue weighted by atomic mass is 16.4. The van der Waals surface area contributed by atoms with Gasteiger partial charge in [-0.15, -0.1) is 0 Å². The average Bonchev–Trinajstić information content (AvgIpc) is 3.04. The molecule has 0 amide bonds. The summed E-state index contributed by atoms with van der Waals surface area (Å²) >= 11 is 0. The minimum atomic E-state index is 0.0342. The predicted molar refractivity (Wildman–Crippen MR) is 77.4 cm³/mol. The van der Waals surface area contributed by atoms with Crippen LogP contribution in [0.5, 0.6) is 0 Å². The summed E-state index contributed by atoms with van der Waals surface area (Å²) in [6, 6.07) is 10.2. The molecule has 0 radical (unpaired) electrons. The topological polar surface area (TPSA) is 51.2 Å². The Morgan fingerprint density at radius 3 is 2.60 bits per heavy atom. The first-order chi connectivity index (χ1) is 9.63. The van der Waals surface area contributed by atoms with Gasteiger partial charge >= 0.3 is 0 Å². The molecule has 4 nitrogen and oxygen atoms in total. The van der Waals surface area contributed by atoms with Gasteiger partial charge in [0.1, 0.15) is 17.1 Å². The fourth-order valence-corrected chi connectivity index (χ4v) is 2.32. The van der Waals surface area contributed by atoms with E-state index < -0.39 is 0 Å². The minimum Gasteiger partial charge on any atom is -0.459 e. The zero-order valence-corrected chi connectivity index (χ0v) is 11.9. The lowest BCUT2D eigenvalue weighted by Gasteiger charge is -2.15. The van der Waals surface area contributed by atoms with Crippen molar-refractivity contribution in [2.24, 2.45) is 0 Å². The molecule has 0 saturated heterocycles. The first-order valence-corrected chi connectivity index (χ1v) is 6.80. The van der Waals surface area contributed by atoms with E-state index in [9.17, 15) is 0 Å². The zero-order chi connectivity index (χ0) is 14.1. The molecule has 3 rings (SSSR count). The maximum Gasteiger partial charge on any atom is 0.211 e. The van der Waals surface area contributed by atoms with Gasteiger partial charge in [-0.2, -0.15) is 0 Å². The Hall–Kier alpha value is -2.07. The number of aromatic nitrogens is 1. The van der Waals surface area contributed by atoms with Gasteiger partial charge in [0, 0.05) is 5.39 Å². The van der Waals surface area contributed by atoms with Crippen molar-refractivity contribution in [3.63, 3.8) is 0 Å². The van der Waals surface area contributed by atoms with Crippen LogP contribution in [0.2, 0.25) is 0 Å². The molecular formula is C16H18N2O2. The smallest absolute Gasteiger partial charge is 0.211 e. The second kappa shape index (κ2) is 5.13. The number of benzene rings is 1. The van der Waals surface area contributed by atoms with Gasteiger partial charge in [0.25, 0.3) is 0 Å². The Balaban J connectivity index is 1.76. The van der Waals surface area contributed by atoms with Crippen LogP contribution in [-0.4, -0.2) is 4.98 Å². The second-order valence-corrected chi connectivity index (χ2v) is 5.11. The van der Waals surface area contributed by atoms with Gasteiger partial charge in [0.15, 0.2) is 0 Å². The molecule has 0 aliphatic rings. The van der Waals surface area contributed by atoms with Crippen molar-refractivity contribution in [1.82, 2.24) is 10.3 Å². The van der Waals surface area contributed by atoms with Crippen LogP contribution in [0.25, 0.3) is 11.0 Å². The van der Waals surface area contributed by atoms with E-state index in [1.807, 2.05) is 32.0 Å². The highest BCUT2D eigenvalue weighted by Crippen LogP contribution is 2.25. The molecule has 0 aliphatic heterocycles. The van der Waals surface area contributed by atoms with Crippen LogP contribution in [-0.2, 0) is 0 Å². The van der Waals surface area contributed by atoms with Crippen molar-refractivity contribution in [3.8, 4) is 0 Å². The highest BCUT2D eigenvalue weighted by molar-refractivity contribution is 5.77. The maximum absolute atomic E-state index is 5.86. The maximum atomic E-state index is 5.86. The first kappa shape index (κ1) is 12.9. The molecule has 1 N–H and O–H groups in total. The Labute approximate surface area is 117 Å². The number of oxazole rings is 1. The van der Waals surface area contributed by atoms with Crippen LogP contribution >= 0.6 is 0 Å². The Bertz CT molecular complexity index is 681. The highest BCUT2D eigenvalue weighted by Gasteiger charge is 2.17. The molecule has 2 aromatic heterocycles. The summed E-state index contributed by atoms with van der Waals surface area (Å²) in [5.41, 5.74) is 0.913. The lowest BCUT2D eigenvalue weighted by molar-refractivity contribution is 0.358. The molecule has 2 atom stereocenters. The zero-order valence-electron chi connectivity index (χ0n) is 11.9. The Morgan fingerprint density at radius 2 is 1.90 bits per heavy atom. The van der Waals surface area contributed by atoms with Crippen LogP contribution in [0.1, 0.15) is 43.3 Å². The van der Waals surface area contributed by atoms with E-state index >= 15 is 0 Å². The fraction of sp³-hybridized carbons (Fsp3) is 0.312. The largest absolute Gasteiger partial charge is 0.459 e. The minimum absolute atomic E-state index is 0.0342. The van der Waals surface area contributed by atoms with E-state index in [-0.39, 0.29) is 12.1 Å². The molecule has 20 heavy (non-hydrogen) atoms. The molecule has 0 bridgehead atoms. The third-order valence-electron chi connectivity index (χ3n) is 3.38. The third-order valence-corrected chi connectivity index (χ3v) is 3.38. The summed E-state index contributed by atoms with van der Waals surface area (Å²) in [5.74, 6) is 2.44. The number of furan rings is 1. The van der Waals surface area contributed by atoms with E-state index in [4.69, 9.17) is 8.83 Å². The van der Waals surface area contributed by atoms with Crippen LogP contribution in [0, 0.1) is 6.92 Å². The van der Waals surface area contributed by atoms with Crippen molar-refractivity contribution in [2.45, 2.75) is 32.9 Å². The van der Waals surface area contributed by atoms with E-state index in [2.05, 4.69) is 29.4 Å². The van der Waals surface area contributed by atoms with Gasteiger partial charge in [-0.3, -0.25) is 5.32 Å². The summed E-state index contributed by atoms with van der Waals surface area (Å²) in [6.07, 6.45) is 1.74. The van der Waals surface area contributed by atoms with Crippen molar-refractivity contribution in [3.05, 3.63) is 53.9 Å². The van der Waals surface area contributed by atoms with Gasteiger partial charge in [-0.05, 0) is 32.9 Å². The van der Waals surface area contributed by atoms with Crippen LogP contribution in [0.4, 0.5) is 0 Å². The average molecular weight is 270 g/mol. The lowest BCUT2D eigenvalue weighted by Crippen LogP contribution is -2.22. The third kappa shape index (κ3) is 2.47. The molecule has 0 saturated carbocycles. The number of rotatable bonds is 4. The van der Waals surface area contributed by atoms with Crippen LogP contribution in [0.15, 0.2) is 45.4 Å². The summed E-state index contributed by atoms with van der Waals surface area (Å²) in [4.78, 5) is 4.25. The normalized spacial score (nSPS) is 14.6. The molecule has 3 aromatic rings. The van der Waals surface area contributed by atoms with Gasteiger partial charge in [0.05, 0.1) is 18.3 Å². The van der Waals surface area contributed by atoms with Crippen molar-refractivity contribution >= 4 is 11.0 Å². The van der Waals surface area contributed by atoms with E-state index in [1.54, 1.807) is 6.20 Å². The van der Waals surface area contributed by atoms with Crippen molar-refractivity contribution < 1.29 is 8.83 Å². The summed E-state index contributed by atoms with van der Waals surface area (Å²) < 4.78 is 11.4. The molecule has 0 spiro atoms. The molecule has 0 aliphatic carbocycles. The Morgan fingerprint density at radius 1 is 1.10 bits per heavy atom. The number of para-hydroxylation sites is 1. The molecule has 1 aromatic carbocycles. The molecule has 2 heterocycles. The summed E-state index contributed by atoms with van der Waals surface area (Å²) in [6.45, 7) is 6.00. The SMILES string of the molecule is Cc1cnc(C(C)NC(C)c2cc3ccccc3o2)o1. The number of fused-ring (bicyclic) bond motifs is 1. The van der Waals surface area contributed by atoms with E-state index in [0.717, 1.165) is 22.5 Å². The quantitative estimate of drug-likeness (QED) is 0.774. The predicted octanol–water partition coefficient (Wildman–Crippen LogP) is 4.14. The lowest BCUT2D eigenvalue weighted by atomic mass is 10.2. The molecule has 104 valence electrons. The Kier molecular flexibility index (Phi) is 3.32. The standard InChI is InChI=1S/C16H18N2O2/c1-10-9-17-16(19-10)12(3)18-11(2)15-8-13-6-4-5-7-14(13)20-15/h4-9,11-12,18H,1-3H3. The van der Waals surface area contributed by atoms with Crippen LogP contribution < -0.4 is 5.32 Å². The molecule has 4 heteroatoms. The summed E-state index contributed by atoms with van der Waals surface area (Å²) in [7, 11) is 0. The summed E-state index contributed by atoms with van der Waals surface area (Å²) in [5, 5.41) is 4.56. The number of aryl methyl sites for hydroxylation is 1. The number of nitrogens with zero attached hydrogens (tertiary/aromatic N) is 1. The van der Waals surface area contributed by atoms with Crippen molar-refractivity contribution in [1.29, 1.82) is 0 Å². The second-order valence-electron chi connectivity index (χ2n) is 5.11. The van der Waals surface area contributed by atoms with Crippen molar-refractivity contribution in [2.75, 3.05) is 0 Å². The van der Waals surface area contributed by atoms with Gasteiger partial charge in [0.2, 0.25) is 5.89 Å². The number of hydrogen-bond donors (Lipinski definition) is 1. The van der Waals surface area contributed by atoms with Gasteiger partial charge < -0.3 is 8.83 Å². The van der Waals surface area contributed by atoms with E-state index in [1.165, 1.54) is 0 Å². The van der Waals surface area contributed by atoms with Gasteiger partial charge in [-0.1, -0.05) is 18.2 Å². The number of hydrogen-bond acceptors (Lipinski definition) is 4. The fourth-order valence-electron chi connectivity index (χ4n) is 2.32. The van der Waals surface area contributed by atoms with Gasteiger partial charge in [-0.25, -0.2) is 4.98 Å².